The molecule has 0 aromatic carbocycles. The van der Waals surface area contributed by atoms with E-state index in [-0.39, 0.29) is 29.0 Å². The van der Waals surface area contributed by atoms with Gasteiger partial charge in [0.15, 0.2) is 5.78 Å². The number of ether oxygens (including phenoxy) is 2. The van der Waals surface area contributed by atoms with Gasteiger partial charge in [-0.2, -0.15) is 0 Å². The van der Waals surface area contributed by atoms with Gasteiger partial charge in [0.2, 0.25) is 0 Å². The zero-order valence-electron chi connectivity index (χ0n) is 21.7. The van der Waals surface area contributed by atoms with E-state index in [1.165, 1.54) is 0 Å². The first-order chi connectivity index (χ1) is 16.9. The van der Waals surface area contributed by atoms with Crippen molar-refractivity contribution in [1.82, 2.24) is 0 Å². The molecule has 1 aromatic heterocycles. The van der Waals surface area contributed by atoms with Crippen LogP contribution in [0.2, 0.25) is 0 Å². The molecule has 6 rings (SSSR count). The Morgan fingerprint density at radius 1 is 1.19 bits per heavy atom. The van der Waals surface area contributed by atoms with Crippen molar-refractivity contribution in [3.8, 4) is 0 Å². The summed E-state index contributed by atoms with van der Waals surface area (Å²) in [7, 11) is 0. The number of carbonyl (C=O) groups excluding carboxylic acids is 2. The number of ketones is 1. The van der Waals surface area contributed by atoms with Crippen LogP contribution >= 0.6 is 0 Å². The van der Waals surface area contributed by atoms with Crippen molar-refractivity contribution in [2.45, 2.75) is 71.7 Å². The van der Waals surface area contributed by atoms with Crippen molar-refractivity contribution in [3.05, 3.63) is 60.1 Å². The van der Waals surface area contributed by atoms with Gasteiger partial charge in [0.25, 0.3) is 0 Å². The highest BCUT2D eigenvalue weighted by Gasteiger charge is 2.76. The predicted octanol–water partition coefficient (Wildman–Crippen LogP) is 4.75. The van der Waals surface area contributed by atoms with Gasteiger partial charge < -0.3 is 19.0 Å². The minimum atomic E-state index is -0.784. The average molecular weight is 493 g/mol. The van der Waals surface area contributed by atoms with Gasteiger partial charge in [0, 0.05) is 39.1 Å². The Bertz CT molecular complexity index is 1210. The molecule has 36 heavy (non-hydrogen) atoms. The van der Waals surface area contributed by atoms with Crippen LogP contribution in [0.25, 0.3) is 0 Å². The third kappa shape index (κ3) is 2.65. The molecule has 1 N–H and O–H groups in total. The third-order valence-corrected chi connectivity index (χ3v) is 10.9. The highest BCUT2D eigenvalue weighted by molar-refractivity contribution is 5.97. The molecule has 0 spiro atoms. The summed E-state index contributed by atoms with van der Waals surface area (Å²) in [4.78, 5) is 26.7. The van der Waals surface area contributed by atoms with Gasteiger partial charge in [-0.1, -0.05) is 52.0 Å². The quantitative estimate of drug-likeness (QED) is 0.372. The van der Waals surface area contributed by atoms with Crippen LogP contribution in [0.4, 0.5) is 0 Å². The number of hydrogen-bond donors (Lipinski definition) is 1. The maximum Gasteiger partial charge on any atom is 0.333 e. The van der Waals surface area contributed by atoms with Crippen LogP contribution in [-0.4, -0.2) is 41.8 Å². The molecular formula is C30H36O6. The maximum atomic E-state index is 13.8. The molecule has 6 heteroatoms. The fraction of sp³-hybridized carbons (Fsp3) is 0.600. The van der Waals surface area contributed by atoms with E-state index in [1.54, 1.807) is 25.5 Å². The molecule has 4 aliphatic carbocycles. The molecule has 192 valence electrons. The van der Waals surface area contributed by atoms with Gasteiger partial charge in [-0.25, -0.2) is 4.79 Å². The lowest BCUT2D eigenvalue weighted by Crippen LogP contribution is -2.71. The monoisotopic (exact) mass is 492 g/mol. The van der Waals surface area contributed by atoms with E-state index in [2.05, 4.69) is 40.3 Å². The van der Waals surface area contributed by atoms with Crippen molar-refractivity contribution in [2.75, 3.05) is 6.61 Å². The van der Waals surface area contributed by atoms with Crippen LogP contribution in [0.15, 0.2) is 59.0 Å². The lowest BCUT2D eigenvalue weighted by molar-refractivity contribution is -0.215. The second kappa shape index (κ2) is 7.32. The number of esters is 1. The Kier molecular flexibility index (Phi) is 4.87. The highest BCUT2D eigenvalue weighted by Crippen LogP contribution is 2.74. The van der Waals surface area contributed by atoms with Crippen molar-refractivity contribution < 1.29 is 28.6 Å². The number of aliphatic hydroxyl groups excluding tert-OH is 1. The van der Waals surface area contributed by atoms with Crippen LogP contribution in [0.5, 0.6) is 0 Å². The fourth-order valence-electron chi connectivity index (χ4n) is 9.18. The van der Waals surface area contributed by atoms with Crippen molar-refractivity contribution in [1.29, 1.82) is 0 Å². The van der Waals surface area contributed by atoms with Gasteiger partial charge in [0.05, 0.1) is 31.3 Å². The Hall–Kier alpha value is -2.44. The Morgan fingerprint density at radius 3 is 2.61 bits per heavy atom. The largest absolute Gasteiger partial charge is 0.472 e. The van der Waals surface area contributed by atoms with E-state index in [0.717, 1.165) is 17.6 Å². The fourth-order valence-corrected chi connectivity index (χ4v) is 9.18. The third-order valence-electron chi connectivity index (χ3n) is 10.9. The first-order valence-corrected chi connectivity index (χ1v) is 13.0. The number of aliphatic hydroxyl groups is 1. The molecule has 10 atom stereocenters. The van der Waals surface area contributed by atoms with Gasteiger partial charge in [-0.05, 0) is 43.4 Å². The van der Waals surface area contributed by atoms with E-state index in [1.807, 2.05) is 12.1 Å². The minimum Gasteiger partial charge on any atom is -0.472 e. The van der Waals surface area contributed by atoms with E-state index >= 15 is 0 Å². The second-order valence-corrected chi connectivity index (χ2v) is 12.7. The van der Waals surface area contributed by atoms with E-state index in [4.69, 9.17) is 13.9 Å². The standard InChI is InChI=1S/C30H36O6/c1-16(2)26(33)36-22-13-20-29(5,19-8-7-18(28(19,22)4)17-10-12-34-14-17)25(32)23-24-27(3,15-35-23)11-9-21(31)30(20,24)6/h8-12,14,18,20,22-25,32H,1,7,13,15H2,2-6H3/t18-,20-,22-,23+,24-,25+,27-,28-,29-,30-/m0/s1. The summed E-state index contributed by atoms with van der Waals surface area (Å²) in [6, 6.07) is 1.97. The van der Waals surface area contributed by atoms with Gasteiger partial charge in [-0.3, -0.25) is 4.79 Å². The Balaban J connectivity index is 1.55. The molecule has 0 amide bonds. The first-order valence-electron chi connectivity index (χ1n) is 13.0. The van der Waals surface area contributed by atoms with E-state index < -0.39 is 40.5 Å². The summed E-state index contributed by atoms with van der Waals surface area (Å²) < 4.78 is 18.0. The molecule has 2 saturated carbocycles. The number of rotatable bonds is 3. The number of carbonyl (C=O) groups is 2. The predicted molar refractivity (Wildman–Crippen MR) is 133 cm³/mol. The molecule has 3 fully saturated rings. The SMILES string of the molecule is C=C(C)C(=O)O[C@H]1C[C@H]2[C@](C)(C3=CC[C@@H](c4ccoc4)[C@@]31C)[C@H](O)[C@@H]1OC[C@]3(C)C=CC(=O)[C@@]2(C)[C@@H]13. The molecule has 1 aromatic rings. The topological polar surface area (TPSA) is 86.0 Å². The summed E-state index contributed by atoms with van der Waals surface area (Å²) in [5.41, 5.74) is 0.0492. The molecule has 0 unspecified atom stereocenters. The smallest absolute Gasteiger partial charge is 0.333 e. The van der Waals surface area contributed by atoms with E-state index in [9.17, 15) is 14.7 Å². The maximum absolute atomic E-state index is 13.8. The lowest BCUT2D eigenvalue weighted by atomic mass is 9.37. The summed E-state index contributed by atoms with van der Waals surface area (Å²) >= 11 is 0. The zero-order valence-corrected chi connectivity index (χ0v) is 21.7. The van der Waals surface area contributed by atoms with Gasteiger partial charge in [-0.15, -0.1) is 0 Å². The molecule has 1 aliphatic heterocycles. The van der Waals surface area contributed by atoms with Crippen molar-refractivity contribution >= 4 is 11.8 Å². The van der Waals surface area contributed by atoms with E-state index in [0.29, 0.717) is 18.6 Å². The lowest BCUT2D eigenvalue weighted by Gasteiger charge is -2.66. The van der Waals surface area contributed by atoms with Crippen LogP contribution in [0.1, 0.15) is 58.9 Å². The average Bonchev–Trinajstić information content (AvgIpc) is 3.55. The number of fused-ring (bicyclic) bond motifs is 4. The summed E-state index contributed by atoms with van der Waals surface area (Å²) in [5.74, 6) is -0.719. The summed E-state index contributed by atoms with van der Waals surface area (Å²) in [5, 5.41) is 12.1. The second-order valence-electron chi connectivity index (χ2n) is 12.7. The molecule has 1 saturated heterocycles. The molecule has 0 bridgehead atoms. The Labute approximate surface area is 212 Å². The van der Waals surface area contributed by atoms with Crippen LogP contribution in [0, 0.1) is 33.5 Å². The van der Waals surface area contributed by atoms with Crippen LogP contribution < -0.4 is 0 Å². The molecular weight excluding hydrogens is 456 g/mol. The Morgan fingerprint density at radius 2 is 1.94 bits per heavy atom. The number of allylic oxidation sites excluding steroid dienone is 2. The van der Waals surface area contributed by atoms with Gasteiger partial charge >= 0.3 is 5.97 Å². The molecule has 2 heterocycles. The first kappa shape index (κ1) is 23.9. The highest BCUT2D eigenvalue weighted by atomic mass is 16.5. The molecule has 6 nitrogen and oxygen atoms in total. The van der Waals surface area contributed by atoms with Crippen LogP contribution in [0.3, 0.4) is 0 Å². The summed E-state index contributed by atoms with van der Waals surface area (Å²) in [6.07, 6.45) is 8.84. The van der Waals surface area contributed by atoms with Crippen molar-refractivity contribution in [2.24, 2.45) is 33.5 Å². The van der Waals surface area contributed by atoms with Gasteiger partial charge in [0.1, 0.15) is 6.10 Å². The minimum absolute atomic E-state index is 0.0152. The molecule has 5 aliphatic rings. The zero-order chi connectivity index (χ0) is 25.8. The normalized spacial score (nSPS) is 48.6. The number of furan rings is 1. The van der Waals surface area contributed by atoms with Crippen LogP contribution in [-0.2, 0) is 19.1 Å². The molecule has 0 radical (unpaired) electrons. The summed E-state index contributed by atoms with van der Waals surface area (Å²) in [6.45, 7) is 14.4. The van der Waals surface area contributed by atoms with Crippen molar-refractivity contribution in [3.63, 3.8) is 0 Å². The number of hydrogen-bond acceptors (Lipinski definition) is 6.